The summed E-state index contributed by atoms with van der Waals surface area (Å²) in [6.45, 7) is 1.77. The molecule has 0 bridgehead atoms. The van der Waals surface area contributed by atoms with Crippen LogP contribution >= 0.6 is 12.4 Å². The third kappa shape index (κ3) is 6.49. The van der Waals surface area contributed by atoms with E-state index in [4.69, 9.17) is 11.5 Å². The molecular weight excluding hydrogens is 441 g/mol. The van der Waals surface area contributed by atoms with Crippen LogP contribution in [0.2, 0.25) is 0 Å². The lowest BCUT2D eigenvalue weighted by molar-refractivity contribution is -0.121. The molecule has 0 amide bonds. The van der Waals surface area contributed by atoms with E-state index < -0.39 is 24.4 Å². The number of benzene rings is 2. The Bertz CT molecular complexity index is 958. The van der Waals surface area contributed by atoms with Crippen LogP contribution in [0.4, 0.5) is 0 Å². The van der Waals surface area contributed by atoms with E-state index in [1.54, 1.807) is 4.68 Å². The minimum absolute atomic E-state index is 0. The summed E-state index contributed by atoms with van der Waals surface area (Å²) in [6.07, 6.45) is 0.932. The second kappa shape index (κ2) is 12.1. The molecule has 0 fully saturated rings. The number of Topliss-reactive ketones (excluding diaryl/α,β-unsaturated/α-hetero) is 1. The molecule has 3 rings (SSSR count). The third-order valence-electron chi connectivity index (χ3n) is 5.71. The monoisotopic (exact) mass is 471 g/mol. The van der Waals surface area contributed by atoms with Gasteiger partial charge in [-0.05, 0) is 37.3 Å². The fourth-order valence-electron chi connectivity index (χ4n) is 3.84. The van der Waals surface area contributed by atoms with Gasteiger partial charge in [0.25, 0.3) is 0 Å². The molecule has 0 aliphatic heterocycles. The topological polar surface area (TPSA) is 140 Å². The zero-order chi connectivity index (χ0) is 23.1. The van der Waals surface area contributed by atoms with Crippen molar-refractivity contribution in [2.75, 3.05) is 0 Å². The molecule has 2 aromatic carbocycles. The van der Waals surface area contributed by atoms with Gasteiger partial charge in [0.2, 0.25) is 0 Å². The lowest BCUT2D eigenvalue weighted by Crippen LogP contribution is -2.50. The van der Waals surface area contributed by atoms with Crippen molar-refractivity contribution in [3.63, 3.8) is 0 Å². The molecule has 0 saturated carbocycles. The van der Waals surface area contributed by atoms with Gasteiger partial charge in [0.1, 0.15) is 16.9 Å². The van der Waals surface area contributed by atoms with Crippen LogP contribution in [-0.4, -0.2) is 43.9 Å². The molecule has 0 saturated heterocycles. The number of aromatic nitrogens is 3. The average Bonchev–Trinajstić information content (AvgIpc) is 3.14. The van der Waals surface area contributed by atoms with Crippen molar-refractivity contribution in [2.24, 2.45) is 11.5 Å². The number of carbonyl (C=O) groups excluding carboxylic acids is 1. The van der Waals surface area contributed by atoms with Gasteiger partial charge in [-0.15, -0.1) is 12.4 Å². The quantitative estimate of drug-likeness (QED) is 0.246. The van der Waals surface area contributed by atoms with Gasteiger partial charge in [-0.1, -0.05) is 60.7 Å². The Morgan fingerprint density at radius 2 is 1.64 bits per heavy atom. The van der Waals surface area contributed by atoms with E-state index in [1.165, 1.54) is 6.92 Å². The van der Waals surface area contributed by atoms with Crippen LogP contribution in [-0.2, 0) is 23.1 Å². The summed E-state index contributed by atoms with van der Waals surface area (Å²) in [5, 5.41) is 23.6. The summed E-state index contributed by atoms with van der Waals surface area (Å²) in [5.74, 6) is 0.325. The molecule has 3 aromatic rings. The molecule has 8 nitrogen and oxygen atoms in total. The molecule has 176 valence electrons. The first kappa shape index (κ1) is 26.7. The van der Waals surface area contributed by atoms with Crippen LogP contribution in [0.3, 0.4) is 0 Å². The maximum Gasteiger partial charge on any atom is 0.474 e. The van der Waals surface area contributed by atoms with Gasteiger partial charge < -0.3 is 21.5 Å². The maximum atomic E-state index is 12.7. The lowest BCUT2D eigenvalue weighted by Gasteiger charge is -2.27. The van der Waals surface area contributed by atoms with Crippen molar-refractivity contribution in [3.05, 3.63) is 83.4 Å². The zero-order valence-electron chi connectivity index (χ0n) is 18.7. The van der Waals surface area contributed by atoms with E-state index in [0.29, 0.717) is 31.6 Å². The minimum Gasteiger partial charge on any atom is -0.426 e. The fourth-order valence-corrected chi connectivity index (χ4v) is 3.84. The van der Waals surface area contributed by atoms with E-state index in [-0.39, 0.29) is 24.7 Å². The second-order valence-corrected chi connectivity index (χ2v) is 8.11. The van der Waals surface area contributed by atoms with E-state index >= 15 is 0 Å². The summed E-state index contributed by atoms with van der Waals surface area (Å²) >= 11 is 0. The van der Waals surface area contributed by atoms with Crippen LogP contribution in [0.5, 0.6) is 0 Å². The molecule has 10 heteroatoms. The normalized spacial score (nSPS) is 12.8. The number of hydrogen-bond acceptors (Lipinski definition) is 7. The maximum absolute atomic E-state index is 12.7. The van der Waals surface area contributed by atoms with Crippen LogP contribution < -0.4 is 11.5 Å². The average molecular weight is 472 g/mol. The highest BCUT2D eigenvalue weighted by Gasteiger charge is 2.51. The SMILES string of the molecule is CC(=O)C(CCCC(N)N)(B(O)O)c1nc(Cc2ccccc2)n(Cc2ccccc2)n1.Cl. The summed E-state index contributed by atoms with van der Waals surface area (Å²) in [5.41, 5.74) is 13.3. The number of nitrogens with two attached hydrogens (primary N) is 2. The van der Waals surface area contributed by atoms with Crippen molar-refractivity contribution < 1.29 is 14.8 Å². The number of rotatable bonds is 11. The van der Waals surface area contributed by atoms with Crippen LogP contribution in [0.15, 0.2) is 60.7 Å². The van der Waals surface area contributed by atoms with Gasteiger partial charge in [0.05, 0.1) is 12.7 Å². The molecule has 1 atom stereocenters. The largest absolute Gasteiger partial charge is 0.474 e. The van der Waals surface area contributed by atoms with E-state index in [2.05, 4.69) is 10.1 Å². The highest BCUT2D eigenvalue weighted by Crippen LogP contribution is 2.31. The molecule has 6 N–H and O–H groups in total. The second-order valence-electron chi connectivity index (χ2n) is 8.11. The molecule has 33 heavy (non-hydrogen) atoms. The number of hydrogen-bond donors (Lipinski definition) is 4. The Kier molecular flexibility index (Phi) is 9.76. The first-order chi connectivity index (χ1) is 15.3. The number of ketones is 1. The summed E-state index contributed by atoms with van der Waals surface area (Å²) in [4.78, 5) is 17.4. The number of carbonyl (C=O) groups is 1. The Morgan fingerprint density at radius 1 is 1.06 bits per heavy atom. The highest BCUT2D eigenvalue weighted by molar-refractivity contribution is 6.52. The van der Waals surface area contributed by atoms with E-state index in [0.717, 1.165) is 11.1 Å². The van der Waals surface area contributed by atoms with Crippen LogP contribution in [0, 0.1) is 0 Å². The third-order valence-corrected chi connectivity index (χ3v) is 5.71. The van der Waals surface area contributed by atoms with E-state index in [9.17, 15) is 14.8 Å². The van der Waals surface area contributed by atoms with Gasteiger partial charge in [-0.3, -0.25) is 4.79 Å². The Labute approximate surface area is 200 Å². The standard InChI is InChI=1S/C23H30BN5O3.ClH/c1-17(30)23(24(31)32,14-8-13-20(25)26)22-27-21(15-18-9-4-2-5-10-18)29(28-22)16-19-11-6-3-7-12-19;/h2-7,9-12,20,31-32H,8,13-16,25-26H2,1H3;1H. The first-order valence-electron chi connectivity index (χ1n) is 10.7. The molecule has 0 spiro atoms. The summed E-state index contributed by atoms with van der Waals surface area (Å²) in [7, 11) is -1.95. The summed E-state index contributed by atoms with van der Waals surface area (Å²) in [6, 6.07) is 19.6. The van der Waals surface area contributed by atoms with Gasteiger partial charge in [-0.25, -0.2) is 9.67 Å². The molecule has 1 aromatic heterocycles. The van der Waals surface area contributed by atoms with Crippen LogP contribution in [0.1, 0.15) is 49.0 Å². The zero-order valence-corrected chi connectivity index (χ0v) is 19.5. The van der Waals surface area contributed by atoms with Crippen molar-refractivity contribution >= 4 is 25.3 Å². The molecule has 1 heterocycles. The number of nitrogens with zero attached hydrogens (tertiary/aromatic N) is 3. The van der Waals surface area contributed by atoms with Crippen LogP contribution in [0.25, 0.3) is 0 Å². The molecule has 0 aliphatic rings. The van der Waals surface area contributed by atoms with Gasteiger partial charge in [0.15, 0.2) is 5.82 Å². The Hall–Kier alpha value is -2.56. The Balaban J connectivity index is 0.00000385. The van der Waals surface area contributed by atoms with E-state index in [1.807, 2.05) is 60.7 Å². The smallest absolute Gasteiger partial charge is 0.426 e. The van der Waals surface area contributed by atoms with Gasteiger partial charge >= 0.3 is 7.12 Å². The lowest BCUT2D eigenvalue weighted by atomic mass is 9.53. The predicted octanol–water partition coefficient (Wildman–Crippen LogP) is 1.59. The fraction of sp³-hybridized carbons (Fsp3) is 0.348. The molecule has 0 aliphatic carbocycles. The van der Waals surface area contributed by atoms with Gasteiger partial charge in [0, 0.05) is 6.42 Å². The van der Waals surface area contributed by atoms with Crippen molar-refractivity contribution in [1.82, 2.24) is 14.8 Å². The first-order valence-corrected chi connectivity index (χ1v) is 10.7. The molecular formula is C23H31BClN5O3. The van der Waals surface area contributed by atoms with Crippen molar-refractivity contribution in [2.45, 2.75) is 50.6 Å². The van der Waals surface area contributed by atoms with Gasteiger partial charge in [-0.2, -0.15) is 5.10 Å². The van der Waals surface area contributed by atoms with Crippen molar-refractivity contribution in [1.29, 1.82) is 0 Å². The molecule has 0 radical (unpaired) electrons. The highest BCUT2D eigenvalue weighted by atomic mass is 35.5. The predicted molar refractivity (Wildman–Crippen MR) is 131 cm³/mol. The summed E-state index contributed by atoms with van der Waals surface area (Å²) < 4.78 is 1.73. The Morgan fingerprint density at radius 3 is 2.15 bits per heavy atom. The minimum atomic E-state index is -1.95. The number of halogens is 1. The molecule has 1 unspecified atom stereocenters. The van der Waals surface area contributed by atoms with Crippen molar-refractivity contribution in [3.8, 4) is 0 Å².